The van der Waals surface area contributed by atoms with E-state index in [0.29, 0.717) is 12.2 Å². The molecule has 1 aromatic carbocycles. The first-order chi connectivity index (χ1) is 10.1. The first-order valence-electron chi connectivity index (χ1n) is 6.85. The highest BCUT2D eigenvalue weighted by atomic mass is 32.2. The number of aryl methyl sites for hydroxylation is 2. The molecular weight excluding hydrogens is 282 g/mol. The molecule has 0 saturated carbocycles. The SMILES string of the molecule is Cc1ccc(CSCCNC(=O)c2cnc(C)cn2)cc1. The summed E-state index contributed by atoms with van der Waals surface area (Å²) in [5.41, 5.74) is 3.75. The van der Waals surface area contributed by atoms with E-state index < -0.39 is 0 Å². The number of hydrogen-bond donors (Lipinski definition) is 1. The number of aromatic nitrogens is 2. The Morgan fingerprint density at radius 3 is 2.57 bits per heavy atom. The molecule has 0 bridgehead atoms. The molecule has 5 heteroatoms. The van der Waals surface area contributed by atoms with E-state index in [-0.39, 0.29) is 5.91 Å². The lowest BCUT2D eigenvalue weighted by molar-refractivity contribution is 0.0951. The molecule has 0 aliphatic rings. The maximum absolute atomic E-state index is 11.8. The summed E-state index contributed by atoms with van der Waals surface area (Å²) in [6, 6.07) is 8.52. The van der Waals surface area contributed by atoms with Gasteiger partial charge in [-0.1, -0.05) is 29.8 Å². The van der Waals surface area contributed by atoms with E-state index in [9.17, 15) is 4.79 Å². The van der Waals surface area contributed by atoms with Crippen LogP contribution in [0.2, 0.25) is 0 Å². The number of hydrogen-bond acceptors (Lipinski definition) is 4. The molecule has 1 heterocycles. The minimum absolute atomic E-state index is 0.168. The highest BCUT2D eigenvalue weighted by Crippen LogP contribution is 2.12. The van der Waals surface area contributed by atoms with Gasteiger partial charge in [0.2, 0.25) is 0 Å². The maximum atomic E-state index is 11.8. The van der Waals surface area contributed by atoms with Gasteiger partial charge in [-0.25, -0.2) is 4.98 Å². The van der Waals surface area contributed by atoms with Crippen molar-refractivity contribution in [1.29, 1.82) is 0 Å². The van der Waals surface area contributed by atoms with Crippen LogP contribution in [-0.4, -0.2) is 28.2 Å². The first-order valence-corrected chi connectivity index (χ1v) is 8.01. The highest BCUT2D eigenvalue weighted by Gasteiger charge is 2.06. The van der Waals surface area contributed by atoms with Gasteiger partial charge in [-0.3, -0.25) is 9.78 Å². The number of nitrogens with one attached hydrogen (secondary N) is 1. The second kappa shape index (κ2) is 7.78. The molecule has 0 radical (unpaired) electrons. The first kappa shape index (κ1) is 15.5. The molecule has 1 aromatic heterocycles. The zero-order chi connectivity index (χ0) is 15.1. The van der Waals surface area contributed by atoms with Crippen molar-refractivity contribution in [3.8, 4) is 0 Å². The highest BCUT2D eigenvalue weighted by molar-refractivity contribution is 7.98. The fourth-order valence-electron chi connectivity index (χ4n) is 1.71. The zero-order valence-corrected chi connectivity index (χ0v) is 13.1. The van der Waals surface area contributed by atoms with Crippen molar-refractivity contribution in [3.05, 3.63) is 59.2 Å². The Hall–Kier alpha value is -1.88. The Labute approximate surface area is 129 Å². The summed E-state index contributed by atoms with van der Waals surface area (Å²) in [5, 5.41) is 2.85. The summed E-state index contributed by atoms with van der Waals surface area (Å²) in [4.78, 5) is 19.9. The molecule has 0 spiro atoms. The van der Waals surface area contributed by atoms with Gasteiger partial charge < -0.3 is 5.32 Å². The Balaban J connectivity index is 1.66. The average Bonchev–Trinajstić information content (AvgIpc) is 2.49. The molecule has 0 aliphatic carbocycles. The molecule has 0 fully saturated rings. The second-order valence-electron chi connectivity index (χ2n) is 4.84. The van der Waals surface area contributed by atoms with Gasteiger partial charge in [0.15, 0.2) is 0 Å². The van der Waals surface area contributed by atoms with Crippen LogP contribution in [-0.2, 0) is 5.75 Å². The van der Waals surface area contributed by atoms with E-state index in [1.807, 2.05) is 6.92 Å². The van der Waals surface area contributed by atoms with E-state index >= 15 is 0 Å². The second-order valence-corrected chi connectivity index (χ2v) is 5.94. The van der Waals surface area contributed by atoms with Crippen molar-refractivity contribution in [3.63, 3.8) is 0 Å². The van der Waals surface area contributed by atoms with Crippen LogP contribution in [0, 0.1) is 13.8 Å². The van der Waals surface area contributed by atoms with E-state index in [2.05, 4.69) is 46.5 Å². The fourth-order valence-corrected chi connectivity index (χ4v) is 2.53. The number of carbonyl (C=O) groups excluding carboxylic acids is 1. The largest absolute Gasteiger partial charge is 0.350 e. The Morgan fingerprint density at radius 2 is 1.90 bits per heavy atom. The normalized spacial score (nSPS) is 10.4. The van der Waals surface area contributed by atoms with Crippen molar-refractivity contribution in [2.45, 2.75) is 19.6 Å². The minimum Gasteiger partial charge on any atom is -0.350 e. The van der Waals surface area contributed by atoms with Gasteiger partial charge in [0, 0.05) is 24.2 Å². The number of benzene rings is 1. The fraction of sp³-hybridized carbons (Fsp3) is 0.312. The predicted octanol–water partition coefficient (Wildman–Crippen LogP) is 2.76. The average molecular weight is 301 g/mol. The Morgan fingerprint density at radius 1 is 1.14 bits per heavy atom. The molecule has 110 valence electrons. The van der Waals surface area contributed by atoms with Gasteiger partial charge in [-0.15, -0.1) is 0 Å². The lowest BCUT2D eigenvalue weighted by Crippen LogP contribution is -2.26. The van der Waals surface area contributed by atoms with Crippen LogP contribution in [0.25, 0.3) is 0 Å². The number of amides is 1. The smallest absolute Gasteiger partial charge is 0.271 e. The molecular formula is C16H19N3OS. The molecule has 1 amide bonds. The standard InChI is InChI=1S/C16H19N3OS/c1-12-3-5-14(6-4-12)11-21-8-7-17-16(20)15-10-18-13(2)9-19-15/h3-6,9-10H,7-8,11H2,1-2H3,(H,17,20). The lowest BCUT2D eigenvalue weighted by atomic mass is 10.2. The van der Waals surface area contributed by atoms with E-state index in [4.69, 9.17) is 0 Å². The zero-order valence-electron chi connectivity index (χ0n) is 12.3. The van der Waals surface area contributed by atoms with Gasteiger partial charge >= 0.3 is 0 Å². The Bertz CT molecular complexity index is 581. The molecule has 0 aliphatic heterocycles. The molecule has 2 aromatic rings. The van der Waals surface area contributed by atoms with Gasteiger partial charge in [0.25, 0.3) is 5.91 Å². The summed E-state index contributed by atoms with van der Waals surface area (Å²) >= 11 is 1.80. The van der Waals surface area contributed by atoms with Gasteiger partial charge in [0.1, 0.15) is 5.69 Å². The number of thioether (sulfide) groups is 1. The number of rotatable bonds is 6. The van der Waals surface area contributed by atoms with Crippen LogP contribution in [0.15, 0.2) is 36.7 Å². The third kappa shape index (κ3) is 5.19. The summed E-state index contributed by atoms with van der Waals surface area (Å²) < 4.78 is 0. The lowest BCUT2D eigenvalue weighted by Gasteiger charge is -2.05. The summed E-state index contributed by atoms with van der Waals surface area (Å²) in [7, 11) is 0. The molecule has 1 N–H and O–H groups in total. The van der Waals surface area contributed by atoms with Crippen LogP contribution >= 0.6 is 11.8 Å². The van der Waals surface area contributed by atoms with E-state index in [1.54, 1.807) is 18.0 Å². The van der Waals surface area contributed by atoms with Gasteiger partial charge in [-0.05, 0) is 19.4 Å². The van der Waals surface area contributed by atoms with Crippen molar-refractivity contribution in [1.82, 2.24) is 15.3 Å². The monoisotopic (exact) mass is 301 g/mol. The van der Waals surface area contributed by atoms with Crippen LogP contribution in [0.5, 0.6) is 0 Å². The Kier molecular flexibility index (Phi) is 5.75. The number of nitrogens with zero attached hydrogens (tertiary/aromatic N) is 2. The quantitative estimate of drug-likeness (QED) is 0.834. The van der Waals surface area contributed by atoms with Gasteiger partial charge in [0.05, 0.1) is 11.9 Å². The van der Waals surface area contributed by atoms with Crippen LogP contribution in [0.4, 0.5) is 0 Å². The van der Waals surface area contributed by atoms with Crippen molar-refractivity contribution < 1.29 is 4.79 Å². The summed E-state index contributed by atoms with van der Waals surface area (Å²) in [6.07, 6.45) is 3.10. The minimum atomic E-state index is -0.168. The number of carbonyl (C=O) groups is 1. The van der Waals surface area contributed by atoms with Crippen molar-refractivity contribution in [2.24, 2.45) is 0 Å². The van der Waals surface area contributed by atoms with Crippen LogP contribution in [0.1, 0.15) is 27.3 Å². The van der Waals surface area contributed by atoms with Crippen LogP contribution in [0.3, 0.4) is 0 Å². The molecule has 4 nitrogen and oxygen atoms in total. The molecule has 0 saturated heterocycles. The molecule has 0 atom stereocenters. The summed E-state index contributed by atoms with van der Waals surface area (Å²) in [6.45, 7) is 4.56. The van der Waals surface area contributed by atoms with Crippen LogP contribution < -0.4 is 5.32 Å². The van der Waals surface area contributed by atoms with Gasteiger partial charge in [-0.2, -0.15) is 11.8 Å². The maximum Gasteiger partial charge on any atom is 0.271 e. The topological polar surface area (TPSA) is 54.9 Å². The predicted molar refractivity (Wildman–Crippen MR) is 86.4 cm³/mol. The van der Waals surface area contributed by atoms with E-state index in [0.717, 1.165) is 17.2 Å². The van der Waals surface area contributed by atoms with E-state index in [1.165, 1.54) is 17.3 Å². The molecule has 21 heavy (non-hydrogen) atoms. The third-order valence-corrected chi connectivity index (χ3v) is 3.97. The molecule has 2 rings (SSSR count). The van der Waals surface area contributed by atoms with Crippen molar-refractivity contribution in [2.75, 3.05) is 12.3 Å². The molecule has 0 unspecified atom stereocenters. The third-order valence-electron chi connectivity index (χ3n) is 2.93. The summed E-state index contributed by atoms with van der Waals surface area (Å²) in [5.74, 6) is 1.66. The van der Waals surface area contributed by atoms with Crippen molar-refractivity contribution >= 4 is 17.7 Å².